The van der Waals surface area contributed by atoms with E-state index in [9.17, 15) is 5.11 Å². The van der Waals surface area contributed by atoms with Crippen molar-refractivity contribution >= 4 is 0 Å². The first kappa shape index (κ1) is 13.6. The van der Waals surface area contributed by atoms with Crippen LogP contribution in [0.4, 0.5) is 0 Å². The molecular weight excluding hydrogens is 222 g/mol. The Kier molecular flexibility index (Phi) is 4.08. The van der Waals surface area contributed by atoms with Gasteiger partial charge in [-0.25, -0.2) is 0 Å². The molecule has 0 heterocycles. The quantitative estimate of drug-likeness (QED) is 0.838. The highest BCUT2D eigenvalue weighted by Crippen LogP contribution is 2.25. The van der Waals surface area contributed by atoms with Gasteiger partial charge >= 0.3 is 0 Å². The van der Waals surface area contributed by atoms with Crippen molar-refractivity contribution in [1.29, 1.82) is 0 Å². The van der Waals surface area contributed by atoms with Crippen molar-refractivity contribution in [2.75, 3.05) is 6.54 Å². The molecule has 1 unspecified atom stereocenters. The second kappa shape index (κ2) is 5.41. The van der Waals surface area contributed by atoms with Gasteiger partial charge in [-0.3, -0.25) is 0 Å². The summed E-state index contributed by atoms with van der Waals surface area (Å²) in [6.07, 6.45) is 2.91. The number of benzene rings is 1. The topological polar surface area (TPSA) is 32.3 Å². The zero-order valence-electron chi connectivity index (χ0n) is 11.7. The Labute approximate surface area is 110 Å². The third-order valence-electron chi connectivity index (χ3n) is 3.77. The Morgan fingerprint density at radius 2 is 1.83 bits per heavy atom. The summed E-state index contributed by atoms with van der Waals surface area (Å²) in [5.41, 5.74) is 3.13. The Morgan fingerprint density at radius 1 is 1.28 bits per heavy atom. The van der Waals surface area contributed by atoms with Gasteiger partial charge in [-0.1, -0.05) is 38.1 Å². The van der Waals surface area contributed by atoms with E-state index in [4.69, 9.17) is 0 Å². The predicted molar refractivity (Wildman–Crippen MR) is 75.7 cm³/mol. The van der Waals surface area contributed by atoms with Crippen LogP contribution in [0, 0.1) is 5.41 Å². The number of aliphatic hydroxyl groups is 1. The van der Waals surface area contributed by atoms with Gasteiger partial charge in [0, 0.05) is 12.6 Å². The molecule has 2 heteroatoms. The summed E-state index contributed by atoms with van der Waals surface area (Å²) in [5, 5.41) is 13.2. The molecule has 1 aromatic carbocycles. The molecule has 2 N–H and O–H groups in total. The molecule has 0 aliphatic heterocycles. The fourth-order valence-corrected chi connectivity index (χ4v) is 3.00. The zero-order chi connectivity index (χ0) is 13.2. The number of nitrogens with one attached hydrogen (secondary N) is 1. The van der Waals surface area contributed by atoms with Crippen molar-refractivity contribution < 1.29 is 5.11 Å². The summed E-state index contributed by atoms with van der Waals surface area (Å²) in [5.74, 6) is 0. The summed E-state index contributed by atoms with van der Waals surface area (Å²) < 4.78 is 0. The highest BCUT2D eigenvalue weighted by molar-refractivity contribution is 5.33. The van der Waals surface area contributed by atoms with Crippen molar-refractivity contribution in [2.24, 2.45) is 5.41 Å². The van der Waals surface area contributed by atoms with Crippen molar-refractivity contribution in [3.63, 3.8) is 0 Å². The van der Waals surface area contributed by atoms with E-state index >= 15 is 0 Å². The average molecular weight is 247 g/mol. The number of hydrogen-bond acceptors (Lipinski definition) is 2. The molecule has 0 radical (unpaired) electrons. The molecule has 18 heavy (non-hydrogen) atoms. The molecule has 0 saturated carbocycles. The van der Waals surface area contributed by atoms with Crippen LogP contribution in [0.1, 0.15) is 38.3 Å². The van der Waals surface area contributed by atoms with Crippen LogP contribution in [-0.4, -0.2) is 23.8 Å². The molecule has 1 atom stereocenters. The van der Waals surface area contributed by atoms with E-state index in [1.54, 1.807) is 0 Å². The molecule has 0 spiro atoms. The van der Waals surface area contributed by atoms with Crippen LogP contribution in [0.5, 0.6) is 0 Å². The SMILES string of the molecule is CC(O)CC(C)(C)CNC1Cc2ccccc2C1. The minimum absolute atomic E-state index is 0.156. The van der Waals surface area contributed by atoms with Crippen LogP contribution in [-0.2, 0) is 12.8 Å². The van der Waals surface area contributed by atoms with Crippen LogP contribution in [0.3, 0.4) is 0 Å². The van der Waals surface area contributed by atoms with Gasteiger partial charge in [0.05, 0.1) is 6.10 Å². The molecule has 0 aromatic heterocycles. The third kappa shape index (κ3) is 3.56. The monoisotopic (exact) mass is 247 g/mol. The molecule has 100 valence electrons. The molecule has 0 amide bonds. The van der Waals surface area contributed by atoms with E-state index in [1.807, 2.05) is 6.92 Å². The minimum atomic E-state index is -0.220. The van der Waals surface area contributed by atoms with Crippen molar-refractivity contribution in [3.05, 3.63) is 35.4 Å². The number of aliphatic hydroxyl groups excluding tert-OH is 1. The maximum Gasteiger partial charge on any atom is 0.0517 e. The van der Waals surface area contributed by atoms with Crippen molar-refractivity contribution in [2.45, 2.75) is 52.2 Å². The lowest BCUT2D eigenvalue weighted by Crippen LogP contribution is -2.38. The maximum atomic E-state index is 9.49. The van der Waals surface area contributed by atoms with E-state index in [1.165, 1.54) is 11.1 Å². The molecule has 2 rings (SSSR count). The van der Waals surface area contributed by atoms with Gasteiger partial charge < -0.3 is 10.4 Å². The van der Waals surface area contributed by atoms with E-state index < -0.39 is 0 Å². The molecule has 0 bridgehead atoms. The molecule has 1 aliphatic carbocycles. The second-order valence-corrected chi connectivity index (χ2v) is 6.47. The van der Waals surface area contributed by atoms with Gasteiger partial charge in [-0.2, -0.15) is 0 Å². The smallest absolute Gasteiger partial charge is 0.0517 e. The van der Waals surface area contributed by atoms with Gasteiger partial charge in [0.15, 0.2) is 0 Å². The van der Waals surface area contributed by atoms with Crippen LogP contribution in [0.25, 0.3) is 0 Å². The fourth-order valence-electron chi connectivity index (χ4n) is 3.00. The summed E-state index contributed by atoms with van der Waals surface area (Å²) in [6.45, 7) is 7.27. The summed E-state index contributed by atoms with van der Waals surface area (Å²) >= 11 is 0. The van der Waals surface area contributed by atoms with Crippen LogP contribution in [0.2, 0.25) is 0 Å². The summed E-state index contributed by atoms with van der Waals surface area (Å²) in [7, 11) is 0. The van der Waals surface area contributed by atoms with Crippen LogP contribution < -0.4 is 5.32 Å². The number of rotatable bonds is 5. The summed E-state index contributed by atoms with van der Waals surface area (Å²) in [4.78, 5) is 0. The van der Waals surface area contributed by atoms with Gasteiger partial charge in [0.2, 0.25) is 0 Å². The molecule has 1 aliphatic rings. The lowest BCUT2D eigenvalue weighted by Gasteiger charge is -2.28. The standard InChI is InChI=1S/C16H25NO/c1-12(18)10-16(2,3)11-17-15-8-13-6-4-5-7-14(13)9-15/h4-7,12,15,17-18H,8-11H2,1-3H3. The fraction of sp³-hybridized carbons (Fsp3) is 0.625. The van der Waals surface area contributed by atoms with Gasteiger partial charge in [0.1, 0.15) is 0 Å². The normalized spacial score (nSPS) is 17.8. The van der Waals surface area contributed by atoms with Crippen molar-refractivity contribution in [1.82, 2.24) is 5.32 Å². The Morgan fingerprint density at radius 3 is 2.33 bits per heavy atom. The Bertz CT molecular complexity index is 373. The predicted octanol–water partition coefficient (Wildman–Crippen LogP) is 2.54. The maximum absolute atomic E-state index is 9.49. The third-order valence-corrected chi connectivity index (χ3v) is 3.77. The summed E-state index contributed by atoms with van der Waals surface area (Å²) in [6, 6.07) is 9.28. The molecule has 0 saturated heterocycles. The highest BCUT2D eigenvalue weighted by Gasteiger charge is 2.25. The van der Waals surface area contributed by atoms with Crippen LogP contribution >= 0.6 is 0 Å². The van der Waals surface area contributed by atoms with Crippen LogP contribution in [0.15, 0.2) is 24.3 Å². The lowest BCUT2D eigenvalue weighted by atomic mass is 9.86. The zero-order valence-corrected chi connectivity index (χ0v) is 11.7. The van der Waals surface area contributed by atoms with E-state index in [-0.39, 0.29) is 11.5 Å². The van der Waals surface area contributed by atoms with Crippen molar-refractivity contribution in [3.8, 4) is 0 Å². The minimum Gasteiger partial charge on any atom is -0.393 e. The van der Waals surface area contributed by atoms with Gasteiger partial charge in [-0.15, -0.1) is 0 Å². The molecule has 2 nitrogen and oxygen atoms in total. The largest absolute Gasteiger partial charge is 0.393 e. The molecular formula is C16H25NO. The van der Waals surface area contributed by atoms with E-state index in [0.29, 0.717) is 6.04 Å². The molecule has 1 aromatic rings. The second-order valence-electron chi connectivity index (χ2n) is 6.47. The first-order valence-electron chi connectivity index (χ1n) is 6.94. The van der Waals surface area contributed by atoms with Gasteiger partial charge in [-0.05, 0) is 42.7 Å². The average Bonchev–Trinajstić information content (AvgIpc) is 2.67. The van der Waals surface area contributed by atoms with E-state index in [2.05, 4.69) is 43.4 Å². The number of hydrogen-bond donors (Lipinski definition) is 2. The first-order chi connectivity index (χ1) is 8.46. The van der Waals surface area contributed by atoms with Gasteiger partial charge in [0.25, 0.3) is 0 Å². The molecule has 0 fully saturated rings. The Balaban J connectivity index is 1.83. The highest BCUT2D eigenvalue weighted by atomic mass is 16.3. The first-order valence-corrected chi connectivity index (χ1v) is 6.94. The van der Waals surface area contributed by atoms with E-state index in [0.717, 1.165) is 25.8 Å². The number of fused-ring (bicyclic) bond motifs is 1. The Hall–Kier alpha value is -0.860. The lowest BCUT2D eigenvalue weighted by molar-refractivity contribution is 0.126.